The Morgan fingerprint density at radius 2 is 1.81 bits per heavy atom. The molecule has 2 aromatic rings. The van der Waals surface area contributed by atoms with E-state index in [1.165, 1.54) is 6.20 Å². The minimum Gasteiger partial charge on any atom is -0.242 e. The lowest BCUT2D eigenvalue weighted by Crippen LogP contribution is -1.90. The average Bonchev–Trinajstić information content (AvgIpc) is 2.33. The number of nitriles is 1. The Balaban J connectivity index is 2.75. The first kappa shape index (κ1) is 10.9. The number of aromatic nitrogens is 1. The highest BCUT2D eigenvalue weighted by atomic mass is 35.5. The van der Waals surface area contributed by atoms with Crippen LogP contribution < -0.4 is 0 Å². The summed E-state index contributed by atoms with van der Waals surface area (Å²) < 4.78 is 0. The molecule has 2 nitrogen and oxygen atoms in total. The number of pyridine rings is 1. The molecule has 4 heteroatoms. The van der Waals surface area contributed by atoms with Gasteiger partial charge in [-0.2, -0.15) is 5.26 Å². The zero-order chi connectivity index (χ0) is 11.5. The van der Waals surface area contributed by atoms with E-state index in [1.807, 2.05) is 36.4 Å². The van der Waals surface area contributed by atoms with Gasteiger partial charge in [-0.15, -0.1) is 0 Å². The van der Waals surface area contributed by atoms with Crippen molar-refractivity contribution in [3.05, 3.63) is 52.3 Å². The fourth-order valence-corrected chi connectivity index (χ4v) is 1.89. The van der Waals surface area contributed by atoms with Gasteiger partial charge in [-0.3, -0.25) is 0 Å². The maximum Gasteiger partial charge on any atom is 0.147 e. The van der Waals surface area contributed by atoms with Crippen LogP contribution >= 0.6 is 23.2 Å². The van der Waals surface area contributed by atoms with Crippen molar-refractivity contribution in [2.75, 3.05) is 0 Å². The third kappa shape index (κ3) is 1.88. The first-order valence-corrected chi connectivity index (χ1v) is 5.29. The molecular weight excluding hydrogens is 243 g/mol. The van der Waals surface area contributed by atoms with Gasteiger partial charge in [0, 0.05) is 11.8 Å². The molecule has 0 unspecified atom stereocenters. The quantitative estimate of drug-likeness (QED) is 0.718. The van der Waals surface area contributed by atoms with E-state index in [1.54, 1.807) is 0 Å². The SMILES string of the molecule is N#Cc1c(Cl)ncc(Cl)c1-c1ccccc1. The first-order chi connectivity index (χ1) is 7.74. The summed E-state index contributed by atoms with van der Waals surface area (Å²) in [6.07, 6.45) is 1.45. The third-order valence-electron chi connectivity index (χ3n) is 2.16. The Morgan fingerprint density at radius 3 is 2.44 bits per heavy atom. The van der Waals surface area contributed by atoms with Crippen LogP contribution in [-0.4, -0.2) is 4.98 Å². The summed E-state index contributed by atoms with van der Waals surface area (Å²) in [5, 5.41) is 9.65. The normalized spacial score (nSPS) is 9.81. The lowest BCUT2D eigenvalue weighted by molar-refractivity contribution is 1.30. The Labute approximate surface area is 103 Å². The Morgan fingerprint density at radius 1 is 1.12 bits per heavy atom. The van der Waals surface area contributed by atoms with E-state index in [4.69, 9.17) is 28.5 Å². The molecule has 0 fully saturated rings. The van der Waals surface area contributed by atoms with Crippen molar-refractivity contribution in [3.8, 4) is 17.2 Å². The minimum atomic E-state index is 0.172. The van der Waals surface area contributed by atoms with Crippen molar-refractivity contribution in [2.45, 2.75) is 0 Å². The largest absolute Gasteiger partial charge is 0.242 e. The average molecular weight is 249 g/mol. The molecule has 0 amide bonds. The van der Waals surface area contributed by atoms with Crippen molar-refractivity contribution < 1.29 is 0 Å². The molecule has 78 valence electrons. The molecule has 1 heterocycles. The lowest BCUT2D eigenvalue weighted by atomic mass is 10.0. The van der Waals surface area contributed by atoms with Crippen molar-refractivity contribution in [1.29, 1.82) is 5.26 Å². The van der Waals surface area contributed by atoms with Gasteiger partial charge >= 0.3 is 0 Å². The molecule has 0 atom stereocenters. The standard InChI is InChI=1S/C12H6Cl2N2/c13-10-7-16-12(14)9(6-15)11(10)8-4-2-1-3-5-8/h1-5,7H. The van der Waals surface area contributed by atoms with Gasteiger partial charge < -0.3 is 0 Å². The molecule has 0 aliphatic rings. The molecule has 0 aliphatic heterocycles. The van der Waals surface area contributed by atoms with Gasteiger partial charge in [0.2, 0.25) is 0 Å². The molecule has 1 aromatic carbocycles. The summed E-state index contributed by atoms with van der Waals surface area (Å²) in [5.74, 6) is 0. The Hall–Kier alpha value is -1.56. The molecule has 0 radical (unpaired) electrons. The smallest absolute Gasteiger partial charge is 0.147 e. The summed E-state index contributed by atoms with van der Waals surface area (Å²) in [6, 6.07) is 11.4. The molecule has 0 saturated heterocycles. The minimum absolute atomic E-state index is 0.172. The van der Waals surface area contributed by atoms with Gasteiger partial charge in [-0.25, -0.2) is 4.98 Å². The molecule has 0 saturated carbocycles. The van der Waals surface area contributed by atoms with Crippen molar-refractivity contribution in [2.24, 2.45) is 0 Å². The summed E-state index contributed by atoms with van der Waals surface area (Å²) >= 11 is 11.9. The number of nitrogens with zero attached hydrogens (tertiary/aromatic N) is 2. The Bertz CT molecular complexity index is 559. The van der Waals surface area contributed by atoms with Gasteiger partial charge in [-0.05, 0) is 5.56 Å². The molecule has 0 bridgehead atoms. The van der Waals surface area contributed by atoms with Crippen LogP contribution in [0.3, 0.4) is 0 Å². The van der Waals surface area contributed by atoms with E-state index in [9.17, 15) is 0 Å². The fraction of sp³-hybridized carbons (Fsp3) is 0. The number of rotatable bonds is 1. The highest BCUT2D eigenvalue weighted by molar-refractivity contribution is 6.35. The van der Waals surface area contributed by atoms with Gasteiger partial charge in [0.1, 0.15) is 11.2 Å². The zero-order valence-electron chi connectivity index (χ0n) is 8.11. The van der Waals surface area contributed by atoms with Crippen molar-refractivity contribution >= 4 is 23.2 Å². The van der Waals surface area contributed by atoms with Crippen molar-refractivity contribution in [3.63, 3.8) is 0 Å². The number of benzene rings is 1. The number of halogens is 2. The fourth-order valence-electron chi connectivity index (χ4n) is 1.45. The van der Waals surface area contributed by atoms with E-state index in [0.717, 1.165) is 5.56 Å². The number of hydrogen-bond acceptors (Lipinski definition) is 2. The van der Waals surface area contributed by atoms with Gasteiger partial charge in [0.25, 0.3) is 0 Å². The summed E-state index contributed by atoms with van der Waals surface area (Å²) in [7, 11) is 0. The lowest BCUT2D eigenvalue weighted by Gasteiger charge is -2.07. The van der Waals surface area contributed by atoms with E-state index in [0.29, 0.717) is 16.1 Å². The van der Waals surface area contributed by atoms with Crippen LogP contribution in [0.25, 0.3) is 11.1 Å². The van der Waals surface area contributed by atoms with Gasteiger partial charge in [0.05, 0.1) is 10.6 Å². The van der Waals surface area contributed by atoms with Crippen LogP contribution in [-0.2, 0) is 0 Å². The van der Waals surface area contributed by atoms with Crippen molar-refractivity contribution in [1.82, 2.24) is 4.98 Å². The molecule has 0 aliphatic carbocycles. The molecule has 2 rings (SSSR count). The van der Waals surface area contributed by atoms with Crippen LogP contribution in [0.15, 0.2) is 36.5 Å². The maximum atomic E-state index is 9.05. The predicted octanol–water partition coefficient (Wildman–Crippen LogP) is 3.93. The third-order valence-corrected chi connectivity index (χ3v) is 2.73. The van der Waals surface area contributed by atoms with E-state index < -0.39 is 0 Å². The van der Waals surface area contributed by atoms with E-state index >= 15 is 0 Å². The summed E-state index contributed by atoms with van der Waals surface area (Å²) in [4.78, 5) is 3.85. The Kier molecular flexibility index (Phi) is 3.09. The summed E-state index contributed by atoms with van der Waals surface area (Å²) in [6.45, 7) is 0. The van der Waals surface area contributed by atoms with E-state index in [-0.39, 0.29) is 5.15 Å². The first-order valence-electron chi connectivity index (χ1n) is 4.53. The second kappa shape index (κ2) is 4.52. The van der Waals surface area contributed by atoms with E-state index in [2.05, 4.69) is 4.98 Å². The molecule has 1 aromatic heterocycles. The topological polar surface area (TPSA) is 36.7 Å². The monoisotopic (exact) mass is 248 g/mol. The predicted molar refractivity (Wildman–Crippen MR) is 64.4 cm³/mol. The van der Waals surface area contributed by atoms with Crippen LogP contribution in [0.2, 0.25) is 10.2 Å². The molecule has 0 N–H and O–H groups in total. The molecule has 16 heavy (non-hydrogen) atoms. The second-order valence-corrected chi connectivity index (χ2v) is 3.89. The zero-order valence-corrected chi connectivity index (χ0v) is 9.63. The maximum absolute atomic E-state index is 9.05. The van der Waals surface area contributed by atoms with Crippen LogP contribution in [0.4, 0.5) is 0 Å². The second-order valence-electron chi connectivity index (χ2n) is 3.12. The van der Waals surface area contributed by atoms with Crippen LogP contribution in [0.5, 0.6) is 0 Å². The molecule has 0 spiro atoms. The van der Waals surface area contributed by atoms with Crippen LogP contribution in [0, 0.1) is 11.3 Å². The van der Waals surface area contributed by atoms with Gasteiger partial charge in [0.15, 0.2) is 0 Å². The molecular formula is C12H6Cl2N2. The highest BCUT2D eigenvalue weighted by Gasteiger charge is 2.13. The number of hydrogen-bond donors (Lipinski definition) is 0. The highest BCUT2D eigenvalue weighted by Crippen LogP contribution is 2.33. The van der Waals surface area contributed by atoms with Gasteiger partial charge in [-0.1, -0.05) is 53.5 Å². The summed E-state index contributed by atoms with van der Waals surface area (Å²) in [5.41, 5.74) is 1.79. The van der Waals surface area contributed by atoms with Crippen LogP contribution in [0.1, 0.15) is 5.56 Å².